The minimum absolute atomic E-state index is 0.161. The third kappa shape index (κ3) is 7.15. The molecule has 2 fully saturated rings. The minimum atomic E-state index is -3.89. The molecule has 11 heteroatoms. The maximum atomic E-state index is 11.9. The molecule has 0 aliphatic carbocycles. The highest BCUT2D eigenvalue weighted by Crippen LogP contribution is 2.30. The van der Waals surface area contributed by atoms with Crippen LogP contribution in [0.15, 0.2) is 73.3 Å². The molecule has 0 saturated carbocycles. The van der Waals surface area contributed by atoms with Crippen LogP contribution in [-0.4, -0.2) is 65.0 Å². The standard InChI is InChI=1S/C24H28BClO8S/c1-2-9-20-22(15-30-25(34-20)19-12-7-4-8-13-19)32-21-14-29-24(18-10-5-3-6-11-18)33-23(21)16-31-35(27,28)17-26/h2-8,10-13,20-24H,1,9,14-17H2/t20-,21-,22+,23+,24-/m1/s1. The van der Waals surface area contributed by atoms with E-state index in [4.69, 9.17) is 39.3 Å². The van der Waals surface area contributed by atoms with Gasteiger partial charge in [-0.1, -0.05) is 66.7 Å². The summed E-state index contributed by atoms with van der Waals surface area (Å²) in [6, 6.07) is 19.0. The Kier molecular flexibility index (Phi) is 9.37. The molecule has 8 nitrogen and oxygen atoms in total. The molecule has 2 aliphatic heterocycles. The largest absolute Gasteiger partial charge is 0.494 e. The first-order valence-corrected chi connectivity index (χ1v) is 13.4. The van der Waals surface area contributed by atoms with E-state index in [-0.39, 0.29) is 25.9 Å². The molecular weight excluding hydrogens is 495 g/mol. The van der Waals surface area contributed by atoms with Gasteiger partial charge >= 0.3 is 7.12 Å². The van der Waals surface area contributed by atoms with E-state index in [1.165, 1.54) is 0 Å². The summed E-state index contributed by atoms with van der Waals surface area (Å²) in [5.41, 5.74) is 1.71. The Hall–Kier alpha value is -1.76. The van der Waals surface area contributed by atoms with Crippen LogP contribution in [0.3, 0.4) is 0 Å². The van der Waals surface area contributed by atoms with E-state index < -0.39 is 47.1 Å². The molecule has 0 N–H and O–H groups in total. The maximum Gasteiger partial charge on any atom is 0.494 e. The average molecular weight is 523 g/mol. The lowest BCUT2D eigenvalue weighted by Gasteiger charge is -2.41. The Bertz CT molecular complexity index is 1040. The maximum absolute atomic E-state index is 11.9. The number of halogens is 1. The van der Waals surface area contributed by atoms with Gasteiger partial charge in [0.25, 0.3) is 10.1 Å². The fourth-order valence-electron chi connectivity index (χ4n) is 3.92. The third-order valence-electron chi connectivity index (χ3n) is 5.69. The highest BCUT2D eigenvalue weighted by molar-refractivity contribution is 7.87. The van der Waals surface area contributed by atoms with Gasteiger partial charge in [0, 0.05) is 5.56 Å². The van der Waals surface area contributed by atoms with Crippen LogP contribution in [0.1, 0.15) is 18.3 Å². The second-order valence-electron chi connectivity index (χ2n) is 8.19. The van der Waals surface area contributed by atoms with Crippen molar-refractivity contribution in [3.63, 3.8) is 0 Å². The fraction of sp³-hybridized carbons (Fsp3) is 0.417. The molecule has 4 rings (SSSR count). The van der Waals surface area contributed by atoms with E-state index in [1.807, 2.05) is 60.7 Å². The van der Waals surface area contributed by atoms with Gasteiger partial charge in [-0.25, -0.2) is 0 Å². The number of benzene rings is 2. The van der Waals surface area contributed by atoms with Crippen LogP contribution in [0.5, 0.6) is 0 Å². The van der Waals surface area contributed by atoms with Crippen molar-refractivity contribution >= 4 is 34.3 Å². The predicted octanol–water partition coefficient (Wildman–Crippen LogP) is 2.78. The van der Waals surface area contributed by atoms with Crippen LogP contribution in [0.2, 0.25) is 0 Å². The number of rotatable bonds is 10. The lowest BCUT2D eigenvalue weighted by molar-refractivity contribution is -0.284. The molecule has 0 aromatic heterocycles. The van der Waals surface area contributed by atoms with Gasteiger partial charge in [0.05, 0.1) is 25.9 Å². The Morgan fingerprint density at radius 1 is 1.03 bits per heavy atom. The zero-order valence-corrected chi connectivity index (χ0v) is 20.7. The van der Waals surface area contributed by atoms with Gasteiger partial charge in [-0.05, 0) is 11.9 Å². The van der Waals surface area contributed by atoms with Crippen molar-refractivity contribution in [3.05, 3.63) is 78.9 Å². The smallest absolute Gasteiger partial charge is 0.404 e. The van der Waals surface area contributed by atoms with Crippen LogP contribution < -0.4 is 5.46 Å². The first kappa shape index (κ1) is 26.3. The van der Waals surface area contributed by atoms with Crippen molar-refractivity contribution in [3.8, 4) is 0 Å². The minimum Gasteiger partial charge on any atom is -0.404 e. The molecule has 2 saturated heterocycles. The monoisotopic (exact) mass is 522 g/mol. The van der Waals surface area contributed by atoms with Gasteiger partial charge in [-0.15, -0.1) is 18.2 Å². The molecule has 2 heterocycles. The molecular formula is C24H28BClO8S. The third-order valence-corrected chi connectivity index (χ3v) is 7.25. The Balaban J connectivity index is 1.46. The van der Waals surface area contributed by atoms with Gasteiger partial charge in [-0.2, -0.15) is 8.42 Å². The summed E-state index contributed by atoms with van der Waals surface area (Å²) >= 11 is 5.49. The van der Waals surface area contributed by atoms with Crippen molar-refractivity contribution < 1.29 is 36.1 Å². The molecule has 0 bridgehead atoms. The molecule has 0 unspecified atom stereocenters. The Labute approximate surface area is 211 Å². The molecule has 2 aromatic carbocycles. The second-order valence-corrected chi connectivity index (χ2v) is 10.4. The van der Waals surface area contributed by atoms with Crippen LogP contribution in [0.4, 0.5) is 0 Å². The first-order chi connectivity index (χ1) is 17.0. The van der Waals surface area contributed by atoms with Gasteiger partial charge < -0.3 is 23.5 Å². The summed E-state index contributed by atoms with van der Waals surface area (Å²) in [6.07, 6.45) is -0.520. The number of ether oxygens (including phenoxy) is 3. The summed E-state index contributed by atoms with van der Waals surface area (Å²) < 4.78 is 59.2. The van der Waals surface area contributed by atoms with E-state index in [1.54, 1.807) is 6.08 Å². The van der Waals surface area contributed by atoms with Gasteiger partial charge in [0.15, 0.2) is 6.29 Å². The highest BCUT2D eigenvalue weighted by Gasteiger charge is 2.41. The quantitative estimate of drug-likeness (QED) is 0.204. The van der Waals surface area contributed by atoms with E-state index in [2.05, 4.69) is 6.58 Å². The molecule has 35 heavy (non-hydrogen) atoms. The zero-order valence-electron chi connectivity index (χ0n) is 19.1. The highest BCUT2D eigenvalue weighted by atomic mass is 35.5. The number of hydrogen-bond acceptors (Lipinski definition) is 8. The van der Waals surface area contributed by atoms with Gasteiger partial charge in [0.2, 0.25) is 0 Å². The molecule has 0 spiro atoms. The van der Waals surface area contributed by atoms with Crippen LogP contribution >= 0.6 is 11.6 Å². The lowest BCUT2D eigenvalue weighted by Crippen LogP contribution is -2.55. The molecule has 2 aromatic rings. The van der Waals surface area contributed by atoms with Crippen molar-refractivity contribution in [1.29, 1.82) is 0 Å². The fourth-order valence-corrected chi connectivity index (χ4v) is 4.51. The topological polar surface area (TPSA) is 89.5 Å². The van der Waals surface area contributed by atoms with E-state index in [0.29, 0.717) is 6.42 Å². The van der Waals surface area contributed by atoms with Crippen molar-refractivity contribution in [2.75, 3.05) is 25.0 Å². The summed E-state index contributed by atoms with van der Waals surface area (Å²) in [6.45, 7) is 4.00. The Morgan fingerprint density at radius 2 is 1.71 bits per heavy atom. The summed E-state index contributed by atoms with van der Waals surface area (Å²) in [4.78, 5) is 0. The van der Waals surface area contributed by atoms with Crippen LogP contribution in [-0.2, 0) is 37.8 Å². The van der Waals surface area contributed by atoms with Gasteiger partial charge in [-0.3, -0.25) is 4.18 Å². The molecule has 188 valence electrons. The number of hydrogen-bond donors (Lipinski definition) is 0. The van der Waals surface area contributed by atoms with Gasteiger partial charge in [0.1, 0.15) is 23.5 Å². The second kappa shape index (κ2) is 12.5. The summed E-state index contributed by atoms with van der Waals surface area (Å²) in [5, 5.41) is -0.656. The van der Waals surface area contributed by atoms with E-state index in [0.717, 1.165) is 11.0 Å². The van der Waals surface area contributed by atoms with Crippen LogP contribution in [0, 0.1) is 0 Å². The predicted molar refractivity (Wildman–Crippen MR) is 132 cm³/mol. The first-order valence-electron chi connectivity index (χ1n) is 11.3. The summed E-state index contributed by atoms with van der Waals surface area (Å²) in [5.74, 6) is 0. The zero-order chi connectivity index (χ0) is 24.7. The van der Waals surface area contributed by atoms with Crippen molar-refractivity contribution in [2.45, 2.75) is 37.1 Å². The summed E-state index contributed by atoms with van der Waals surface area (Å²) in [7, 11) is -4.41. The molecule has 5 atom stereocenters. The normalized spacial score (nSPS) is 27.5. The Morgan fingerprint density at radius 3 is 2.40 bits per heavy atom. The number of alkyl halides is 1. The van der Waals surface area contributed by atoms with E-state index >= 15 is 0 Å². The van der Waals surface area contributed by atoms with Crippen LogP contribution in [0.25, 0.3) is 0 Å². The van der Waals surface area contributed by atoms with Crippen molar-refractivity contribution in [2.24, 2.45) is 0 Å². The molecule has 0 radical (unpaired) electrons. The molecule has 2 aliphatic rings. The molecule has 0 amide bonds. The van der Waals surface area contributed by atoms with Crippen molar-refractivity contribution in [1.82, 2.24) is 0 Å². The average Bonchev–Trinajstić information content (AvgIpc) is 2.90. The van der Waals surface area contributed by atoms with E-state index in [9.17, 15) is 8.42 Å². The lowest BCUT2D eigenvalue weighted by atomic mass is 9.77. The SMILES string of the molecule is C=CC[C@H]1OB(c2ccccc2)OC[C@@H]1O[C@@H]1CO[C@@H](c2ccccc2)O[C@H]1COS(=O)(=O)CCl.